The van der Waals surface area contributed by atoms with Crippen LogP contribution in [0.3, 0.4) is 0 Å². The number of aromatic amines is 1. The second kappa shape index (κ2) is 10.6. The zero-order valence-corrected chi connectivity index (χ0v) is 22.9. The van der Waals surface area contributed by atoms with Gasteiger partial charge in [0.15, 0.2) is 0 Å². The molecule has 39 heavy (non-hydrogen) atoms. The second-order valence-electron chi connectivity index (χ2n) is 11.4. The van der Waals surface area contributed by atoms with Gasteiger partial charge in [0.05, 0.1) is 11.7 Å². The van der Waals surface area contributed by atoms with Crippen LogP contribution in [0, 0.1) is 6.92 Å². The Balaban J connectivity index is 1.24. The van der Waals surface area contributed by atoms with E-state index in [1.54, 1.807) is 11.1 Å². The van der Waals surface area contributed by atoms with Crippen molar-refractivity contribution >= 4 is 34.6 Å². The van der Waals surface area contributed by atoms with Crippen LogP contribution >= 0.6 is 0 Å². The fourth-order valence-corrected chi connectivity index (χ4v) is 5.37. The van der Waals surface area contributed by atoms with E-state index < -0.39 is 17.6 Å². The number of rotatable bonds is 5. The molecule has 1 fully saturated rings. The minimum atomic E-state index is -0.845. The average molecular weight is 533 g/mol. The van der Waals surface area contributed by atoms with E-state index in [1.807, 2.05) is 69.0 Å². The lowest BCUT2D eigenvalue weighted by molar-refractivity contribution is -0.157. The number of esters is 1. The van der Waals surface area contributed by atoms with Crippen LogP contribution in [0.15, 0.2) is 42.6 Å². The van der Waals surface area contributed by atoms with Crippen molar-refractivity contribution in [2.75, 3.05) is 18.4 Å². The molecule has 10 nitrogen and oxygen atoms in total. The van der Waals surface area contributed by atoms with Crippen molar-refractivity contribution in [2.24, 2.45) is 0 Å². The number of nitrogens with one attached hydrogen (secondary N) is 3. The summed E-state index contributed by atoms with van der Waals surface area (Å²) in [4.78, 5) is 42.8. The standard InChI is InChI=1S/C29H36N6O4/c1-18-13-19(14-21-16-30-33-25(18)21)15-24(26(36)39-29(2,3)4)32-27(37)34-11-9-22(10-12-34)35-17-20-7-5-6-8-23(20)31-28(35)38/h5-8,13-14,16,22,24H,9-12,15,17H2,1-4H3,(H,30,33)(H,31,38)(H,32,37). The number of carbonyl (C=O) groups excluding carboxylic acids is 3. The largest absolute Gasteiger partial charge is 0.458 e. The number of H-pyrrole nitrogens is 1. The molecule has 1 saturated heterocycles. The van der Waals surface area contributed by atoms with Gasteiger partial charge in [-0.2, -0.15) is 5.10 Å². The second-order valence-corrected chi connectivity index (χ2v) is 11.4. The summed E-state index contributed by atoms with van der Waals surface area (Å²) in [7, 11) is 0. The summed E-state index contributed by atoms with van der Waals surface area (Å²) in [5, 5.41) is 13.9. The number of nitrogens with zero attached hydrogens (tertiary/aromatic N) is 3. The van der Waals surface area contributed by atoms with Gasteiger partial charge in [-0.15, -0.1) is 0 Å². The highest BCUT2D eigenvalue weighted by atomic mass is 16.6. The first kappa shape index (κ1) is 26.5. The van der Waals surface area contributed by atoms with E-state index >= 15 is 0 Å². The predicted molar refractivity (Wildman–Crippen MR) is 148 cm³/mol. The minimum Gasteiger partial charge on any atom is -0.458 e. The van der Waals surface area contributed by atoms with E-state index in [-0.39, 0.29) is 18.1 Å². The van der Waals surface area contributed by atoms with Crippen molar-refractivity contribution in [3.63, 3.8) is 0 Å². The quantitative estimate of drug-likeness (QED) is 0.422. The SMILES string of the molecule is Cc1cc(CC(NC(=O)N2CCC(N3Cc4ccccc4NC3=O)CC2)C(=O)OC(C)(C)C)cc2cn[nH]c12. The van der Waals surface area contributed by atoms with Crippen molar-refractivity contribution < 1.29 is 19.1 Å². The molecular formula is C29H36N6O4. The van der Waals surface area contributed by atoms with E-state index in [4.69, 9.17) is 4.74 Å². The van der Waals surface area contributed by atoms with Gasteiger partial charge in [-0.1, -0.05) is 24.3 Å². The minimum absolute atomic E-state index is 0.0359. The normalized spacial score (nSPS) is 17.0. The van der Waals surface area contributed by atoms with E-state index in [0.717, 1.165) is 33.3 Å². The van der Waals surface area contributed by atoms with Crippen molar-refractivity contribution in [1.82, 2.24) is 25.3 Å². The molecule has 10 heteroatoms. The van der Waals surface area contributed by atoms with Crippen LogP contribution in [-0.2, 0) is 22.5 Å². The Morgan fingerprint density at radius 3 is 2.67 bits per heavy atom. The maximum atomic E-state index is 13.3. The first-order valence-corrected chi connectivity index (χ1v) is 13.4. The molecule has 0 aliphatic carbocycles. The topological polar surface area (TPSA) is 120 Å². The highest BCUT2D eigenvalue weighted by Crippen LogP contribution is 2.28. The number of hydrogen-bond acceptors (Lipinski definition) is 5. The fourth-order valence-electron chi connectivity index (χ4n) is 5.37. The number of anilines is 1. The molecule has 3 heterocycles. The van der Waals surface area contributed by atoms with E-state index in [2.05, 4.69) is 20.8 Å². The summed E-state index contributed by atoms with van der Waals surface area (Å²) < 4.78 is 5.66. The van der Waals surface area contributed by atoms with Crippen LogP contribution in [0.2, 0.25) is 0 Å². The predicted octanol–water partition coefficient (Wildman–Crippen LogP) is 4.35. The first-order valence-electron chi connectivity index (χ1n) is 13.4. The van der Waals surface area contributed by atoms with Gasteiger partial charge in [-0.05, 0) is 69.4 Å². The van der Waals surface area contributed by atoms with Gasteiger partial charge in [-0.3, -0.25) is 5.10 Å². The van der Waals surface area contributed by atoms with E-state index in [9.17, 15) is 14.4 Å². The van der Waals surface area contributed by atoms with Crippen molar-refractivity contribution in [1.29, 1.82) is 0 Å². The Kier molecular flexibility index (Phi) is 7.20. The molecule has 1 atom stereocenters. The molecule has 1 unspecified atom stereocenters. The third kappa shape index (κ3) is 6.00. The molecule has 0 bridgehead atoms. The zero-order chi connectivity index (χ0) is 27.7. The number of likely N-dealkylation sites (tertiary alicyclic amines) is 1. The number of piperidine rings is 1. The zero-order valence-electron chi connectivity index (χ0n) is 22.9. The molecule has 206 valence electrons. The average Bonchev–Trinajstić information content (AvgIpc) is 3.36. The van der Waals surface area contributed by atoms with Crippen LogP contribution in [0.4, 0.5) is 15.3 Å². The molecule has 1 aromatic heterocycles. The molecule has 0 spiro atoms. The van der Waals surface area contributed by atoms with Gasteiger partial charge >= 0.3 is 18.0 Å². The van der Waals surface area contributed by atoms with Crippen molar-refractivity contribution in [3.05, 3.63) is 59.3 Å². The number of ether oxygens (including phenoxy) is 1. The number of benzene rings is 2. The van der Waals surface area contributed by atoms with Gasteiger partial charge in [0.25, 0.3) is 0 Å². The number of carbonyl (C=O) groups is 3. The summed E-state index contributed by atoms with van der Waals surface area (Å²) in [5.41, 5.74) is 4.13. The molecular weight excluding hydrogens is 496 g/mol. The first-order chi connectivity index (χ1) is 18.6. The number of aromatic nitrogens is 2. The van der Waals surface area contributed by atoms with Crippen LogP contribution in [0.1, 0.15) is 50.3 Å². The molecule has 4 amide bonds. The van der Waals surface area contributed by atoms with Crippen LogP contribution in [0.25, 0.3) is 10.9 Å². The Bertz CT molecular complexity index is 1390. The summed E-state index contributed by atoms with van der Waals surface area (Å²) in [6.07, 6.45) is 3.37. The van der Waals surface area contributed by atoms with E-state index in [0.29, 0.717) is 38.9 Å². The maximum absolute atomic E-state index is 13.3. The summed E-state index contributed by atoms with van der Waals surface area (Å²) >= 11 is 0. The van der Waals surface area contributed by atoms with Gasteiger partial charge in [-0.25, -0.2) is 14.4 Å². The summed E-state index contributed by atoms with van der Waals surface area (Å²) in [6.45, 7) is 8.95. The highest BCUT2D eigenvalue weighted by molar-refractivity contribution is 5.92. The van der Waals surface area contributed by atoms with E-state index in [1.165, 1.54) is 0 Å². The lowest BCUT2D eigenvalue weighted by Gasteiger charge is -2.40. The molecule has 2 aromatic carbocycles. The molecule has 3 N–H and O–H groups in total. The van der Waals surface area contributed by atoms with Gasteiger partial charge in [0, 0.05) is 43.2 Å². The molecule has 2 aliphatic heterocycles. The summed E-state index contributed by atoms with van der Waals surface area (Å²) in [5.74, 6) is -0.473. The lowest BCUT2D eigenvalue weighted by atomic mass is 10.0. The van der Waals surface area contributed by atoms with Gasteiger partial charge in [0.2, 0.25) is 0 Å². The van der Waals surface area contributed by atoms with Crippen LogP contribution < -0.4 is 10.6 Å². The fraction of sp³-hybridized carbons (Fsp3) is 0.448. The molecule has 3 aromatic rings. The molecule has 0 saturated carbocycles. The van der Waals surface area contributed by atoms with Crippen molar-refractivity contribution in [3.8, 4) is 0 Å². The molecule has 2 aliphatic rings. The maximum Gasteiger partial charge on any atom is 0.329 e. The number of aryl methyl sites for hydroxylation is 1. The lowest BCUT2D eigenvalue weighted by Crippen LogP contribution is -2.55. The molecule has 5 rings (SSSR count). The van der Waals surface area contributed by atoms with Crippen LogP contribution in [-0.4, -0.2) is 68.8 Å². The monoisotopic (exact) mass is 532 g/mol. The third-order valence-electron chi connectivity index (χ3n) is 7.29. The summed E-state index contributed by atoms with van der Waals surface area (Å²) in [6, 6.07) is 10.6. The Labute approximate surface area is 228 Å². The Morgan fingerprint density at radius 2 is 1.92 bits per heavy atom. The number of para-hydroxylation sites is 1. The Hall–Kier alpha value is -4.08. The Morgan fingerprint density at radius 1 is 1.18 bits per heavy atom. The highest BCUT2D eigenvalue weighted by Gasteiger charge is 2.34. The number of hydrogen-bond donors (Lipinski definition) is 3. The smallest absolute Gasteiger partial charge is 0.329 e. The van der Waals surface area contributed by atoms with Gasteiger partial charge in [0.1, 0.15) is 11.6 Å². The number of fused-ring (bicyclic) bond motifs is 2. The van der Waals surface area contributed by atoms with Crippen molar-refractivity contribution in [2.45, 2.75) is 71.2 Å². The molecule has 0 radical (unpaired) electrons. The number of urea groups is 2. The van der Waals surface area contributed by atoms with Gasteiger partial charge < -0.3 is 25.2 Å². The number of amides is 4. The third-order valence-corrected chi connectivity index (χ3v) is 7.29. The van der Waals surface area contributed by atoms with Crippen LogP contribution in [0.5, 0.6) is 0 Å².